The Hall–Kier alpha value is -1.20. The second kappa shape index (κ2) is 6.40. The first-order valence-electron chi connectivity index (χ1n) is 5.53. The maximum absolute atomic E-state index is 5.55. The van der Waals surface area contributed by atoms with Crippen LogP contribution in [0, 0.1) is 5.92 Å². The van der Waals surface area contributed by atoms with E-state index < -0.39 is 0 Å². The molecule has 5 heteroatoms. The highest BCUT2D eigenvalue weighted by Gasteiger charge is 2.15. The molecular formula is C11H20N4O. The summed E-state index contributed by atoms with van der Waals surface area (Å²) >= 11 is 0. The monoisotopic (exact) mass is 224 g/mol. The Kier molecular flexibility index (Phi) is 5.14. The molecule has 0 aromatic carbocycles. The second-order valence-electron chi connectivity index (χ2n) is 3.95. The summed E-state index contributed by atoms with van der Waals surface area (Å²) in [5.41, 5.74) is 3.66. The van der Waals surface area contributed by atoms with Crippen LogP contribution >= 0.6 is 0 Å². The SMILES string of the molecule is CCC(C)CC(NN)c1cc(OC)ncn1. The lowest BCUT2D eigenvalue weighted by molar-refractivity contribution is 0.382. The van der Waals surface area contributed by atoms with Crippen LogP contribution in [0.4, 0.5) is 0 Å². The number of ether oxygens (including phenoxy) is 1. The molecule has 0 bridgehead atoms. The van der Waals surface area contributed by atoms with E-state index in [0.717, 1.165) is 18.5 Å². The van der Waals surface area contributed by atoms with Crippen LogP contribution in [0.5, 0.6) is 5.88 Å². The van der Waals surface area contributed by atoms with E-state index in [1.807, 2.05) is 6.07 Å². The van der Waals surface area contributed by atoms with E-state index in [1.54, 1.807) is 7.11 Å². The van der Waals surface area contributed by atoms with Gasteiger partial charge in [0.15, 0.2) is 0 Å². The largest absolute Gasteiger partial charge is 0.481 e. The topological polar surface area (TPSA) is 73.1 Å². The van der Waals surface area contributed by atoms with Crippen molar-refractivity contribution >= 4 is 0 Å². The van der Waals surface area contributed by atoms with Gasteiger partial charge in [-0.3, -0.25) is 11.3 Å². The zero-order chi connectivity index (χ0) is 12.0. The fraction of sp³-hybridized carbons (Fsp3) is 0.636. The van der Waals surface area contributed by atoms with Crippen molar-refractivity contribution in [1.82, 2.24) is 15.4 Å². The Balaban J connectivity index is 2.77. The number of nitrogens with zero attached hydrogens (tertiary/aromatic N) is 2. The van der Waals surface area contributed by atoms with E-state index in [0.29, 0.717) is 11.8 Å². The van der Waals surface area contributed by atoms with Crippen LogP contribution in [0.1, 0.15) is 38.4 Å². The van der Waals surface area contributed by atoms with E-state index in [1.165, 1.54) is 6.33 Å². The Morgan fingerprint density at radius 3 is 2.81 bits per heavy atom. The Bertz CT molecular complexity index is 319. The minimum Gasteiger partial charge on any atom is -0.481 e. The molecule has 0 saturated carbocycles. The van der Waals surface area contributed by atoms with E-state index in [4.69, 9.17) is 10.6 Å². The highest BCUT2D eigenvalue weighted by molar-refractivity contribution is 5.16. The molecule has 1 aromatic rings. The van der Waals surface area contributed by atoms with Crippen molar-refractivity contribution in [3.63, 3.8) is 0 Å². The molecule has 0 aliphatic heterocycles. The summed E-state index contributed by atoms with van der Waals surface area (Å²) in [5, 5.41) is 0. The zero-order valence-electron chi connectivity index (χ0n) is 10.1. The number of hydrogen-bond acceptors (Lipinski definition) is 5. The lowest BCUT2D eigenvalue weighted by Crippen LogP contribution is -2.30. The highest BCUT2D eigenvalue weighted by Crippen LogP contribution is 2.22. The quantitative estimate of drug-likeness (QED) is 0.565. The van der Waals surface area contributed by atoms with Gasteiger partial charge in [-0.05, 0) is 12.3 Å². The fourth-order valence-corrected chi connectivity index (χ4v) is 1.50. The van der Waals surface area contributed by atoms with Gasteiger partial charge in [0.05, 0.1) is 18.8 Å². The molecule has 1 heterocycles. The predicted octanol–water partition coefficient (Wildman–Crippen LogP) is 1.43. The van der Waals surface area contributed by atoms with Crippen molar-refractivity contribution < 1.29 is 4.74 Å². The van der Waals surface area contributed by atoms with Gasteiger partial charge in [0.1, 0.15) is 6.33 Å². The van der Waals surface area contributed by atoms with Gasteiger partial charge in [0.2, 0.25) is 5.88 Å². The molecule has 0 radical (unpaired) electrons. The maximum atomic E-state index is 5.55. The van der Waals surface area contributed by atoms with Gasteiger partial charge in [-0.25, -0.2) is 9.97 Å². The van der Waals surface area contributed by atoms with Crippen molar-refractivity contribution in [2.75, 3.05) is 7.11 Å². The lowest BCUT2D eigenvalue weighted by atomic mass is 9.97. The van der Waals surface area contributed by atoms with Crippen LogP contribution < -0.4 is 16.0 Å². The van der Waals surface area contributed by atoms with Crippen molar-refractivity contribution in [3.8, 4) is 5.88 Å². The molecular weight excluding hydrogens is 204 g/mol. The lowest BCUT2D eigenvalue weighted by Gasteiger charge is -2.18. The van der Waals surface area contributed by atoms with Crippen LogP contribution in [0.3, 0.4) is 0 Å². The maximum Gasteiger partial charge on any atom is 0.216 e. The summed E-state index contributed by atoms with van der Waals surface area (Å²) < 4.78 is 5.06. The molecule has 0 aliphatic rings. The molecule has 3 N–H and O–H groups in total. The van der Waals surface area contributed by atoms with E-state index in [-0.39, 0.29) is 6.04 Å². The van der Waals surface area contributed by atoms with Gasteiger partial charge in [-0.2, -0.15) is 0 Å². The molecule has 0 amide bonds. The smallest absolute Gasteiger partial charge is 0.216 e. The van der Waals surface area contributed by atoms with Crippen LogP contribution in [0.25, 0.3) is 0 Å². The number of rotatable bonds is 6. The summed E-state index contributed by atoms with van der Waals surface area (Å²) in [6.07, 6.45) is 3.57. The van der Waals surface area contributed by atoms with Crippen molar-refractivity contribution in [1.29, 1.82) is 0 Å². The number of nitrogens with two attached hydrogens (primary N) is 1. The van der Waals surface area contributed by atoms with Gasteiger partial charge < -0.3 is 4.74 Å². The minimum atomic E-state index is 0.0480. The fourth-order valence-electron chi connectivity index (χ4n) is 1.50. The summed E-state index contributed by atoms with van der Waals surface area (Å²) in [7, 11) is 1.59. The Morgan fingerprint density at radius 1 is 1.50 bits per heavy atom. The number of nitrogens with one attached hydrogen (secondary N) is 1. The molecule has 2 unspecified atom stereocenters. The third-order valence-corrected chi connectivity index (χ3v) is 2.77. The number of hydrazine groups is 1. The molecule has 1 rings (SSSR count). The standard InChI is InChI=1S/C11H20N4O/c1-4-8(2)5-10(15-12)9-6-11(16-3)14-7-13-9/h6-8,10,15H,4-5,12H2,1-3H3. The molecule has 0 fully saturated rings. The average molecular weight is 224 g/mol. The van der Waals surface area contributed by atoms with Gasteiger partial charge in [0.25, 0.3) is 0 Å². The van der Waals surface area contributed by atoms with E-state index >= 15 is 0 Å². The molecule has 0 spiro atoms. The molecule has 0 aliphatic carbocycles. The summed E-state index contributed by atoms with van der Waals surface area (Å²) in [6, 6.07) is 1.86. The molecule has 16 heavy (non-hydrogen) atoms. The van der Waals surface area contributed by atoms with E-state index in [2.05, 4.69) is 29.2 Å². The summed E-state index contributed by atoms with van der Waals surface area (Å²) in [4.78, 5) is 8.18. The molecule has 0 saturated heterocycles. The first kappa shape index (κ1) is 12.9. The predicted molar refractivity (Wildman–Crippen MR) is 62.7 cm³/mol. The van der Waals surface area contributed by atoms with Crippen LogP contribution in [-0.4, -0.2) is 17.1 Å². The van der Waals surface area contributed by atoms with Crippen molar-refractivity contribution in [2.24, 2.45) is 11.8 Å². The van der Waals surface area contributed by atoms with Crippen LogP contribution in [-0.2, 0) is 0 Å². The normalized spacial score (nSPS) is 14.5. The second-order valence-corrected chi connectivity index (χ2v) is 3.95. The summed E-state index contributed by atoms with van der Waals surface area (Å²) in [6.45, 7) is 4.36. The van der Waals surface area contributed by atoms with Crippen molar-refractivity contribution in [3.05, 3.63) is 18.1 Å². The molecule has 90 valence electrons. The van der Waals surface area contributed by atoms with E-state index in [9.17, 15) is 0 Å². The van der Waals surface area contributed by atoms with Gasteiger partial charge in [0, 0.05) is 6.07 Å². The molecule has 5 nitrogen and oxygen atoms in total. The summed E-state index contributed by atoms with van der Waals surface area (Å²) in [5.74, 6) is 6.71. The third-order valence-electron chi connectivity index (χ3n) is 2.77. The average Bonchev–Trinajstić information content (AvgIpc) is 2.35. The van der Waals surface area contributed by atoms with Crippen molar-refractivity contribution in [2.45, 2.75) is 32.7 Å². The molecule has 1 aromatic heterocycles. The zero-order valence-corrected chi connectivity index (χ0v) is 10.1. The van der Waals surface area contributed by atoms with Gasteiger partial charge in [-0.1, -0.05) is 20.3 Å². The van der Waals surface area contributed by atoms with Gasteiger partial charge >= 0.3 is 0 Å². The third kappa shape index (κ3) is 3.43. The number of methoxy groups -OCH3 is 1. The first-order valence-corrected chi connectivity index (χ1v) is 5.53. The number of hydrogen-bond donors (Lipinski definition) is 2. The van der Waals surface area contributed by atoms with Crippen LogP contribution in [0.2, 0.25) is 0 Å². The highest BCUT2D eigenvalue weighted by atomic mass is 16.5. The van der Waals surface area contributed by atoms with Crippen LogP contribution in [0.15, 0.2) is 12.4 Å². The Labute approximate surface area is 96.4 Å². The minimum absolute atomic E-state index is 0.0480. The van der Waals surface area contributed by atoms with Gasteiger partial charge in [-0.15, -0.1) is 0 Å². The number of aromatic nitrogens is 2. The molecule has 2 atom stereocenters. The first-order chi connectivity index (χ1) is 7.71. The Morgan fingerprint density at radius 2 is 2.25 bits per heavy atom.